The first kappa shape index (κ1) is 20.7. The van der Waals surface area contributed by atoms with E-state index in [0.717, 1.165) is 44.9 Å². The van der Waals surface area contributed by atoms with Crippen LogP contribution in [-0.4, -0.2) is 93.4 Å². The highest BCUT2D eigenvalue weighted by atomic mass is 19.4. The number of nitrogens with zero attached hydrogens (tertiary/aromatic N) is 4. The highest BCUT2D eigenvalue weighted by molar-refractivity contribution is 5.68. The van der Waals surface area contributed by atoms with Crippen molar-refractivity contribution >= 4 is 11.8 Å². The SMILES string of the molecule is CN1CCN(CCOC(=O)N2CCN(c3cccc(C(F)(F)F)c3)CC2)CC1. The fourth-order valence-electron chi connectivity index (χ4n) is 3.45. The molecule has 1 aromatic carbocycles. The van der Waals surface area contributed by atoms with Gasteiger partial charge >= 0.3 is 12.3 Å². The molecule has 0 aliphatic carbocycles. The third-order valence-corrected chi connectivity index (χ3v) is 5.31. The van der Waals surface area contributed by atoms with Crippen molar-refractivity contribution in [2.75, 3.05) is 77.5 Å². The molecule has 156 valence electrons. The zero-order valence-electron chi connectivity index (χ0n) is 16.1. The Hall–Kier alpha value is -2.00. The summed E-state index contributed by atoms with van der Waals surface area (Å²) in [6.07, 6.45) is -4.70. The Balaban J connectivity index is 1.42. The Morgan fingerprint density at radius 3 is 2.36 bits per heavy atom. The molecule has 2 aliphatic heterocycles. The van der Waals surface area contributed by atoms with Crippen LogP contribution in [0, 0.1) is 0 Å². The molecular weight excluding hydrogens is 373 g/mol. The minimum atomic E-state index is -4.36. The molecule has 0 N–H and O–H groups in total. The summed E-state index contributed by atoms with van der Waals surface area (Å²) in [7, 11) is 2.09. The van der Waals surface area contributed by atoms with Crippen LogP contribution in [0.1, 0.15) is 5.56 Å². The van der Waals surface area contributed by atoms with Gasteiger partial charge in [-0.3, -0.25) is 4.90 Å². The van der Waals surface area contributed by atoms with E-state index < -0.39 is 11.7 Å². The number of piperazine rings is 2. The topological polar surface area (TPSA) is 39.3 Å². The summed E-state index contributed by atoms with van der Waals surface area (Å²) >= 11 is 0. The zero-order chi connectivity index (χ0) is 20.1. The Morgan fingerprint density at radius 2 is 1.71 bits per heavy atom. The number of amides is 1. The van der Waals surface area contributed by atoms with Crippen LogP contribution in [0.4, 0.5) is 23.7 Å². The van der Waals surface area contributed by atoms with Crippen molar-refractivity contribution in [3.8, 4) is 0 Å². The Bertz CT molecular complexity index is 655. The fraction of sp³-hybridized carbons (Fsp3) is 0.632. The van der Waals surface area contributed by atoms with Crippen molar-refractivity contribution < 1.29 is 22.7 Å². The smallest absolute Gasteiger partial charge is 0.416 e. The van der Waals surface area contributed by atoms with Crippen LogP contribution < -0.4 is 4.90 Å². The van der Waals surface area contributed by atoms with E-state index in [2.05, 4.69) is 16.8 Å². The van der Waals surface area contributed by atoms with E-state index in [-0.39, 0.29) is 6.09 Å². The zero-order valence-corrected chi connectivity index (χ0v) is 16.1. The van der Waals surface area contributed by atoms with Gasteiger partial charge in [-0.25, -0.2) is 4.79 Å². The lowest BCUT2D eigenvalue weighted by molar-refractivity contribution is -0.137. The lowest BCUT2D eigenvalue weighted by Gasteiger charge is -2.36. The predicted octanol–water partition coefficient (Wildman–Crippen LogP) is 2.21. The van der Waals surface area contributed by atoms with E-state index in [1.54, 1.807) is 11.0 Å². The average molecular weight is 400 g/mol. The Morgan fingerprint density at radius 1 is 1.04 bits per heavy atom. The van der Waals surface area contributed by atoms with E-state index >= 15 is 0 Å². The Kier molecular flexibility index (Phi) is 6.66. The lowest BCUT2D eigenvalue weighted by atomic mass is 10.1. The van der Waals surface area contributed by atoms with Gasteiger partial charge in [-0.1, -0.05) is 6.07 Å². The summed E-state index contributed by atoms with van der Waals surface area (Å²) in [6.45, 7) is 6.90. The molecule has 0 saturated carbocycles. The van der Waals surface area contributed by atoms with Gasteiger partial charge in [-0.15, -0.1) is 0 Å². The first-order valence-electron chi connectivity index (χ1n) is 9.58. The summed E-state index contributed by atoms with van der Waals surface area (Å²) in [5.74, 6) is 0. The molecule has 2 saturated heterocycles. The number of likely N-dealkylation sites (N-methyl/N-ethyl adjacent to an activating group) is 1. The minimum Gasteiger partial charge on any atom is -0.448 e. The summed E-state index contributed by atoms with van der Waals surface area (Å²) < 4.78 is 44.0. The first-order valence-corrected chi connectivity index (χ1v) is 9.58. The molecule has 0 aromatic heterocycles. The highest BCUT2D eigenvalue weighted by Gasteiger charge is 2.31. The van der Waals surface area contributed by atoms with Crippen LogP contribution >= 0.6 is 0 Å². The van der Waals surface area contributed by atoms with Crippen LogP contribution in [0.3, 0.4) is 0 Å². The van der Waals surface area contributed by atoms with Gasteiger partial charge in [0, 0.05) is 64.6 Å². The summed E-state index contributed by atoms with van der Waals surface area (Å²) in [5, 5.41) is 0. The van der Waals surface area contributed by atoms with Crippen molar-refractivity contribution in [1.82, 2.24) is 14.7 Å². The second-order valence-electron chi connectivity index (χ2n) is 7.28. The molecule has 0 atom stereocenters. The maximum absolute atomic E-state index is 12.9. The maximum Gasteiger partial charge on any atom is 0.416 e. The lowest BCUT2D eigenvalue weighted by Crippen LogP contribution is -2.49. The van der Waals surface area contributed by atoms with Crippen LogP contribution in [0.2, 0.25) is 0 Å². The van der Waals surface area contributed by atoms with E-state index in [1.807, 2.05) is 4.90 Å². The highest BCUT2D eigenvalue weighted by Crippen LogP contribution is 2.31. The van der Waals surface area contributed by atoms with Gasteiger partial charge in [-0.05, 0) is 25.2 Å². The van der Waals surface area contributed by atoms with Gasteiger partial charge in [0.1, 0.15) is 6.61 Å². The summed E-state index contributed by atoms with van der Waals surface area (Å²) in [4.78, 5) is 20.3. The molecule has 6 nitrogen and oxygen atoms in total. The molecular formula is C19H27F3N4O2. The fourth-order valence-corrected chi connectivity index (χ4v) is 3.45. The number of hydrogen-bond acceptors (Lipinski definition) is 5. The van der Waals surface area contributed by atoms with Crippen molar-refractivity contribution in [2.24, 2.45) is 0 Å². The molecule has 9 heteroatoms. The van der Waals surface area contributed by atoms with Gasteiger partial charge in [0.25, 0.3) is 0 Å². The number of anilines is 1. The summed E-state index contributed by atoms with van der Waals surface area (Å²) in [6, 6.07) is 5.30. The predicted molar refractivity (Wildman–Crippen MR) is 101 cm³/mol. The molecule has 1 aromatic rings. The van der Waals surface area contributed by atoms with E-state index in [1.165, 1.54) is 6.07 Å². The quantitative estimate of drug-likeness (QED) is 0.775. The third kappa shape index (κ3) is 5.51. The Labute approximate surface area is 163 Å². The van der Waals surface area contributed by atoms with E-state index in [9.17, 15) is 18.0 Å². The number of rotatable bonds is 4. The normalized spacial score (nSPS) is 19.7. The molecule has 2 heterocycles. The molecule has 2 fully saturated rings. The van der Waals surface area contributed by atoms with Crippen molar-refractivity contribution in [2.45, 2.75) is 6.18 Å². The number of carbonyl (C=O) groups is 1. The van der Waals surface area contributed by atoms with Gasteiger partial charge < -0.3 is 19.4 Å². The van der Waals surface area contributed by atoms with E-state index in [0.29, 0.717) is 38.5 Å². The number of hydrogen-bond donors (Lipinski definition) is 0. The minimum absolute atomic E-state index is 0.349. The molecule has 3 rings (SSSR count). The van der Waals surface area contributed by atoms with Crippen LogP contribution in [0.5, 0.6) is 0 Å². The third-order valence-electron chi connectivity index (χ3n) is 5.31. The molecule has 28 heavy (non-hydrogen) atoms. The molecule has 1 amide bonds. The van der Waals surface area contributed by atoms with Gasteiger partial charge in [0.15, 0.2) is 0 Å². The number of halogens is 3. The average Bonchev–Trinajstić information content (AvgIpc) is 2.69. The molecule has 0 radical (unpaired) electrons. The maximum atomic E-state index is 12.9. The largest absolute Gasteiger partial charge is 0.448 e. The standard InChI is InChI=1S/C19H27F3N4O2/c1-23-5-7-24(8-6-23)13-14-28-18(27)26-11-9-25(10-12-26)17-4-2-3-16(15-17)19(20,21)22/h2-4,15H,5-14H2,1H3. The van der Waals surface area contributed by atoms with Crippen LogP contribution in [0.25, 0.3) is 0 Å². The van der Waals surface area contributed by atoms with Crippen LogP contribution in [0.15, 0.2) is 24.3 Å². The number of ether oxygens (including phenoxy) is 1. The number of benzene rings is 1. The first-order chi connectivity index (χ1) is 13.3. The van der Waals surface area contributed by atoms with Gasteiger partial charge in [-0.2, -0.15) is 13.2 Å². The molecule has 0 unspecified atom stereocenters. The van der Waals surface area contributed by atoms with E-state index in [4.69, 9.17) is 4.74 Å². The van der Waals surface area contributed by atoms with Crippen molar-refractivity contribution in [3.63, 3.8) is 0 Å². The molecule has 2 aliphatic rings. The monoisotopic (exact) mass is 400 g/mol. The molecule has 0 bridgehead atoms. The number of alkyl halides is 3. The van der Waals surface area contributed by atoms with Gasteiger partial charge in [0.05, 0.1) is 5.56 Å². The van der Waals surface area contributed by atoms with Crippen molar-refractivity contribution in [3.05, 3.63) is 29.8 Å². The summed E-state index contributed by atoms with van der Waals surface area (Å²) in [5.41, 5.74) is -0.131. The second-order valence-corrected chi connectivity index (χ2v) is 7.28. The molecule has 0 spiro atoms. The second kappa shape index (κ2) is 9.00. The van der Waals surface area contributed by atoms with Crippen LogP contribution in [-0.2, 0) is 10.9 Å². The van der Waals surface area contributed by atoms with Gasteiger partial charge in [0.2, 0.25) is 0 Å². The number of carbonyl (C=O) groups excluding carboxylic acids is 1. The van der Waals surface area contributed by atoms with Crippen molar-refractivity contribution in [1.29, 1.82) is 0 Å².